The molecule has 0 aliphatic carbocycles. The zero-order valence-electron chi connectivity index (χ0n) is 7.87. The lowest BCUT2D eigenvalue weighted by Gasteiger charge is -1.98. The summed E-state index contributed by atoms with van der Waals surface area (Å²) in [4.78, 5) is 0. The molecule has 0 saturated heterocycles. The van der Waals surface area contributed by atoms with Gasteiger partial charge in [-0.15, -0.1) is 0 Å². The van der Waals surface area contributed by atoms with Crippen molar-refractivity contribution in [2.45, 2.75) is 13.3 Å². The van der Waals surface area contributed by atoms with E-state index in [0.29, 0.717) is 6.42 Å². The molecule has 0 aliphatic rings. The Morgan fingerprint density at radius 3 is 3.07 bits per heavy atom. The third-order valence-corrected chi connectivity index (χ3v) is 2.14. The summed E-state index contributed by atoms with van der Waals surface area (Å²) in [6.07, 6.45) is 0.409. The number of para-hydroxylation sites is 1. The monoisotopic (exact) mass is 189 g/mol. The van der Waals surface area contributed by atoms with E-state index in [1.165, 1.54) is 0 Å². The number of aryl methyl sites for hydroxylation is 1. The molecule has 72 valence electrons. The highest BCUT2D eigenvalue weighted by molar-refractivity contribution is 5.88. The third-order valence-electron chi connectivity index (χ3n) is 2.14. The van der Waals surface area contributed by atoms with Crippen LogP contribution in [0.5, 0.6) is 0 Å². The normalized spacial score (nSPS) is 10.6. The molecule has 1 heterocycles. The smallest absolute Gasteiger partial charge is 0.170 e. The van der Waals surface area contributed by atoms with Gasteiger partial charge in [0.05, 0.1) is 11.5 Å². The molecular weight excluding hydrogens is 178 g/mol. The molecule has 0 saturated carbocycles. The van der Waals surface area contributed by atoms with E-state index in [9.17, 15) is 0 Å². The van der Waals surface area contributed by atoms with Gasteiger partial charge < -0.3 is 10.3 Å². The largest absolute Gasteiger partial charge is 0.387 e. The van der Waals surface area contributed by atoms with Gasteiger partial charge in [0.2, 0.25) is 0 Å². The van der Waals surface area contributed by atoms with Crippen LogP contribution in [0.2, 0.25) is 0 Å². The first-order valence-corrected chi connectivity index (χ1v) is 4.35. The molecule has 2 rings (SSSR count). The Labute approximate surface area is 81.2 Å². The predicted octanol–water partition coefficient (Wildman–Crippen LogP) is 1.61. The van der Waals surface area contributed by atoms with Crippen molar-refractivity contribution >= 4 is 16.8 Å². The van der Waals surface area contributed by atoms with Crippen molar-refractivity contribution in [2.75, 3.05) is 0 Å². The minimum absolute atomic E-state index is 0.131. The number of benzene rings is 1. The van der Waals surface area contributed by atoms with Crippen molar-refractivity contribution in [2.24, 2.45) is 5.73 Å². The van der Waals surface area contributed by atoms with E-state index in [2.05, 4.69) is 5.16 Å². The fourth-order valence-electron chi connectivity index (χ4n) is 1.49. The average molecular weight is 189 g/mol. The molecule has 0 spiro atoms. The number of rotatable bonds is 2. The number of hydrogen-bond acceptors (Lipinski definition) is 3. The molecule has 1 aromatic carbocycles. The molecule has 0 fully saturated rings. The van der Waals surface area contributed by atoms with E-state index in [1.54, 1.807) is 0 Å². The van der Waals surface area contributed by atoms with Crippen LogP contribution in [0.3, 0.4) is 0 Å². The first kappa shape index (κ1) is 8.74. The minimum atomic E-state index is 0.131. The number of nitrogens with one attached hydrogen (secondary N) is 1. The lowest BCUT2D eigenvalue weighted by molar-refractivity contribution is 0.448. The van der Waals surface area contributed by atoms with Gasteiger partial charge in [-0.05, 0) is 13.0 Å². The van der Waals surface area contributed by atoms with Gasteiger partial charge in [0, 0.05) is 17.4 Å². The van der Waals surface area contributed by atoms with E-state index < -0.39 is 0 Å². The first-order valence-electron chi connectivity index (χ1n) is 4.35. The molecule has 2 aromatic rings. The molecule has 4 nitrogen and oxygen atoms in total. The number of aromatic nitrogens is 1. The van der Waals surface area contributed by atoms with Crippen LogP contribution >= 0.6 is 0 Å². The minimum Gasteiger partial charge on any atom is -0.387 e. The van der Waals surface area contributed by atoms with Gasteiger partial charge in [0.25, 0.3) is 0 Å². The number of nitrogens with two attached hydrogens (primary N) is 1. The number of amidine groups is 1. The molecule has 0 atom stereocenters. The Hall–Kier alpha value is -1.84. The van der Waals surface area contributed by atoms with Gasteiger partial charge in [0.1, 0.15) is 0 Å². The second-order valence-corrected chi connectivity index (χ2v) is 3.26. The summed E-state index contributed by atoms with van der Waals surface area (Å²) < 4.78 is 5.18. The molecule has 0 bridgehead atoms. The van der Waals surface area contributed by atoms with Crippen LogP contribution in [-0.4, -0.2) is 11.0 Å². The predicted molar refractivity (Wildman–Crippen MR) is 54.4 cm³/mol. The van der Waals surface area contributed by atoms with Crippen LogP contribution in [-0.2, 0) is 6.42 Å². The molecular formula is C10H11N3O. The summed E-state index contributed by atoms with van der Waals surface area (Å²) in [6.45, 7) is 1.89. The Balaban J connectivity index is 2.59. The lowest BCUT2D eigenvalue weighted by atomic mass is 10.1. The van der Waals surface area contributed by atoms with Gasteiger partial charge in [-0.1, -0.05) is 17.3 Å². The van der Waals surface area contributed by atoms with E-state index in [4.69, 9.17) is 15.7 Å². The fourth-order valence-corrected chi connectivity index (χ4v) is 1.49. The van der Waals surface area contributed by atoms with E-state index in [1.807, 2.05) is 25.1 Å². The number of fused-ring (bicyclic) bond motifs is 1. The highest BCUT2D eigenvalue weighted by atomic mass is 16.5. The highest BCUT2D eigenvalue weighted by Gasteiger charge is 2.08. The molecule has 3 N–H and O–H groups in total. The molecule has 0 radical (unpaired) electrons. The Kier molecular flexibility index (Phi) is 1.96. The van der Waals surface area contributed by atoms with E-state index >= 15 is 0 Å². The molecule has 0 amide bonds. The maximum atomic E-state index is 7.23. The topological polar surface area (TPSA) is 75.9 Å². The third kappa shape index (κ3) is 1.35. The second-order valence-electron chi connectivity index (χ2n) is 3.26. The second kappa shape index (κ2) is 3.14. The quantitative estimate of drug-likeness (QED) is 0.556. The summed E-state index contributed by atoms with van der Waals surface area (Å²) in [6, 6.07) is 5.77. The Morgan fingerprint density at radius 1 is 1.57 bits per heavy atom. The van der Waals surface area contributed by atoms with Crippen LogP contribution in [0.15, 0.2) is 22.7 Å². The zero-order chi connectivity index (χ0) is 10.1. The summed E-state index contributed by atoms with van der Waals surface area (Å²) in [5.41, 5.74) is 7.86. The summed E-state index contributed by atoms with van der Waals surface area (Å²) in [5.74, 6) is 0.131. The van der Waals surface area contributed by atoms with E-state index in [-0.39, 0.29) is 5.84 Å². The SMILES string of the molecule is Cc1noc2c(CC(=N)N)cccc12. The lowest BCUT2D eigenvalue weighted by Crippen LogP contribution is -2.12. The molecule has 0 aliphatic heterocycles. The Morgan fingerprint density at radius 2 is 2.36 bits per heavy atom. The van der Waals surface area contributed by atoms with Crippen LogP contribution in [0, 0.1) is 12.3 Å². The van der Waals surface area contributed by atoms with Gasteiger partial charge in [-0.25, -0.2) is 0 Å². The van der Waals surface area contributed by atoms with Crippen LogP contribution in [0.25, 0.3) is 11.0 Å². The summed E-state index contributed by atoms with van der Waals surface area (Å²) in [7, 11) is 0. The molecule has 1 aromatic heterocycles. The zero-order valence-corrected chi connectivity index (χ0v) is 7.87. The van der Waals surface area contributed by atoms with Crippen LogP contribution in [0.4, 0.5) is 0 Å². The number of nitrogens with zero attached hydrogens (tertiary/aromatic N) is 1. The van der Waals surface area contributed by atoms with Crippen LogP contribution < -0.4 is 5.73 Å². The Bertz CT molecular complexity index is 487. The van der Waals surface area contributed by atoms with Crippen molar-refractivity contribution in [3.05, 3.63) is 29.5 Å². The molecule has 14 heavy (non-hydrogen) atoms. The summed E-state index contributed by atoms with van der Waals surface area (Å²) in [5, 5.41) is 12.1. The molecule has 0 unspecified atom stereocenters. The number of hydrogen-bond donors (Lipinski definition) is 2. The first-order chi connectivity index (χ1) is 6.68. The van der Waals surface area contributed by atoms with Crippen molar-refractivity contribution < 1.29 is 4.52 Å². The van der Waals surface area contributed by atoms with Gasteiger partial charge in [0.15, 0.2) is 5.58 Å². The maximum absolute atomic E-state index is 7.23. The van der Waals surface area contributed by atoms with Crippen LogP contribution in [0.1, 0.15) is 11.3 Å². The fraction of sp³-hybridized carbons (Fsp3) is 0.200. The highest BCUT2D eigenvalue weighted by Crippen LogP contribution is 2.21. The van der Waals surface area contributed by atoms with Crippen molar-refractivity contribution in [3.8, 4) is 0 Å². The van der Waals surface area contributed by atoms with Gasteiger partial charge >= 0.3 is 0 Å². The van der Waals surface area contributed by atoms with Gasteiger partial charge in [-0.2, -0.15) is 0 Å². The summed E-state index contributed by atoms with van der Waals surface area (Å²) >= 11 is 0. The molecule has 4 heteroatoms. The van der Waals surface area contributed by atoms with Crippen molar-refractivity contribution in [1.29, 1.82) is 5.41 Å². The average Bonchev–Trinajstić information content (AvgIpc) is 2.49. The van der Waals surface area contributed by atoms with E-state index in [0.717, 1.165) is 22.2 Å². The van der Waals surface area contributed by atoms with Crippen molar-refractivity contribution in [3.63, 3.8) is 0 Å². The maximum Gasteiger partial charge on any atom is 0.170 e. The van der Waals surface area contributed by atoms with Gasteiger partial charge in [-0.3, -0.25) is 5.41 Å². The standard InChI is InChI=1S/C10H11N3O/c1-6-8-4-2-3-7(5-9(11)12)10(8)14-13-6/h2-4H,5H2,1H3,(H3,11,12). The van der Waals surface area contributed by atoms with Crippen molar-refractivity contribution in [1.82, 2.24) is 5.16 Å².